The second-order valence-electron chi connectivity index (χ2n) is 6.42. The molecule has 0 radical (unpaired) electrons. The maximum atomic E-state index is 5.52. The summed E-state index contributed by atoms with van der Waals surface area (Å²) in [6.07, 6.45) is 7.73. The molecule has 6 heteroatoms. The first kappa shape index (κ1) is 15.9. The summed E-state index contributed by atoms with van der Waals surface area (Å²) in [7, 11) is 2.04. The highest BCUT2D eigenvalue weighted by Crippen LogP contribution is 2.32. The van der Waals surface area contributed by atoms with E-state index in [0.717, 1.165) is 43.5 Å². The molecule has 124 valence electrons. The van der Waals surface area contributed by atoms with Crippen LogP contribution in [0.2, 0.25) is 0 Å². The predicted octanol–water partition coefficient (Wildman–Crippen LogP) is 2.91. The van der Waals surface area contributed by atoms with E-state index in [0.29, 0.717) is 11.8 Å². The maximum Gasteiger partial charge on any atom is 0.133 e. The maximum absolute atomic E-state index is 5.52. The van der Waals surface area contributed by atoms with Gasteiger partial charge in [0.15, 0.2) is 0 Å². The molecule has 0 amide bonds. The van der Waals surface area contributed by atoms with E-state index >= 15 is 0 Å². The molecule has 2 aromatic heterocycles. The first-order valence-corrected chi connectivity index (χ1v) is 8.29. The molecule has 0 unspecified atom stereocenters. The molecule has 2 aromatic rings. The van der Waals surface area contributed by atoms with Crippen molar-refractivity contribution in [1.29, 1.82) is 0 Å². The van der Waals surface area contributed by atoms with Crippen molar-refractivity contribution in [2.24, 2.45) is 13.0 Å². The zero-order valence-electron chi connectivity index (χ0n) is 14.1. The number of rotatable bonds is 5. The van der Waals surface area contributed by atoms with Gasteiger partial charge in [0, 0.05) is 44.8 Å². The Hall–Kier alpha value is -1.95. The zero-order chi connectivity index (χ0) is 16.2. The molecule has 1 aliphatic rings. The van der Waals surface area contributed by atoms with Crippen molar-refractivity contribution in [1.82, 2.24) is 19.5 Å². The summed E-state index contributed by atoms with van der Waals surface area (Å²) in [6, 6.07) is 2.06. The fourth-order valence-corrected chi connectivity index (χ4v) is 3.01. The summed E-state index contributed by atoms with van der Waals surface area (Å²) in [6.45, 7) is 5.84. The van der Waals surface area contributed by atoms with E-state index in [1.54, 1.807) is 0 Å². The van der Waals surface area contributed by atoms with Gasteiger partial charge in [-0.2, -0.15) is 0 Å². The number of anilines is 1. The molecule has 0 bridgehead atoms. The summed E-state index contributed by atoms with van der Waals surface area (Å²) in [5.41, 5.74) is 0. The highest BCUT2D eigenvalue weighted by molar-refractivity contribution is 5.36. The van der Waals surface area contributed by atoms with Crippen LogP contribution in [0.5, 0.6) is 0 Å². The predicted molar refractivity (Wildman–Crippen MR) is 89.2 cm³/mol. The Labute approximate surface area is 137 Å². The minimum Gasteiger partial charge on any atom is -0.381 e. The Morgan fingerprint density at radius 3 is 2.65 bits per heavy atom. The number of aromatic nitrogens is 4. The second-order valence-corrected chi connectivity index (χ2v) is 6.42. The average Bonchev–Trinajstić information content (AvgIpc) is 2.99. The normalized spacial score (nSPS) is 17.4. The van der Waals surface area contributed by atoms with E-state index in [9.17, 15) is 0 Å². The van der Waals surface area contributed by atoms with Crippen molar-refractivity contribution in [3.63, 3.8) is 0 Å². The SMILES string of the molecule is CC(C)c1nccc(N[C@H](c2nccn2C)C2CCOCC2)n1. The van der Waals surface area contributed by atoms with Crippen LogP contribution in [0.3, 0.4) is 0 Å². The van der Waals surface area contributed by atoms with Gasteiger partial charge in [-0.25, -0.2) is 15.0 Å². The van der Waals surface area contributed by atoms with Crippen LogP contribution in [0.1, 0.15) is 50.3 Å². The van der Waals surface area contributed by atoms with E-state index in [2.05, 4.69) is 38.7 Å². The first-order valence-electron chi connectivity index (χ1n) is 8.29. The van der Waals surface area contributed by atoms with Gasteiger partial charge in [-0.05, 0) is 24.8 Å². The molecular weight excluding hydrogens is 290 g/mol. The lowest BCUT2D eigenvalue weighted by atomic mass is 9.91. The molecule has 0 aliphatic carbocycles. The van der Waals surface area contributed by atoms with Crippen molar-refractivity contribution in [3.05, 3.63) is 36.3 Å². The largest absolute Gasteiger partial charge is 0.381 e. The fourth-order valence-electron chi connectivity index (χ4n) is 3.01. The minimum absolute atomic E-state index is 0.133. The van der Waals surface area contributed by atoms with Gasteiger partial charge in [0.25, 0.3) is 0 Å². The molecule has 1 fully saturated rings. The van der Waals surface area contributed by atoms with Crippen LogP contribution in [0, 0.1) is 5.92 Å². The lowest BCUT2D eigenvalue weighted by Crippen LogP contribution is -2.29. The van der Waals surface area contributed by atoms with Gasteiger partial charge >= 0.3 is 0 Å². The number of aryl methyl sites for hydroxylation is 1. The molecular formula is C17H25N5O. The summed E-state index contributed by atoms with van der Waals surface area (Å²) >= 11 is 0. The van der Waals surface area contributed by atoms with Gasteiger partial charge in [-0.1, -0.05) is 13.8 Å². The smallest absolute Gasteiger partial charge is 0.133 e. The van der Waals surface area contributed by atoms with Crippen LogP contribution >= 0.6 is 0 Å². The number of hydrogen-bond acceptors (Lipinski definition) is 5. The number of ether oxygens (including phenoxy) is 1. The molecule has 3 rings (SSSR count). The van der Waals surface area contributed by atoms with E-state index in [-0.39, 0.29) is 6.04 Å². The molecule has 3 heterocycles. The third-order valence-electron chi connectivity index (χ3n) is 4.37. The van der Waals surface area contributed by atoms with Crippen molar-refractivity contribution in [3.8, 4) is 0 Å². The fraction of sp³-hybridized carbons (Fsp3) is 0.588. The van der Waals surface area contributed by atoms with E-state index < -0.39 is 0 Å². The Balaban J connectivity index is 1.86. The van der Waals surface area contributed by atoms with Crippen LogP contribution in [0.25, 0.3) is 0 Å². The van der Waals surface area contributed by atoms with Crippen LogP contribution < -0.4 is 5.32 Å². The monoisotopic (exact) mass is 315 g/mol. The molecule has 23 heavy (non-hydrogen) atoms. The number of nitrogens with zero attached hydrogens (tertiary/aromatic N) is 4. The van der Waals surface area contributed by atoms with E-state index in [1.165, 1.54) is 0 Å². The van der Waals surface area contributed by atoms with Gasteiger partial charge in [-0.3, -0.25) is 0 Å². The molecule has 0 aromatic carbocycles. The van der Waals surface area contributed by atoms with Crippen molar-refractivity contribution in [2.75, 3.05) is 18.5 Å². The summed E-state index contributed by atoms with van der Waals surface area (Å²) in [5.74, 6) is 3.57. The van der Waals surface area contributed by atoms with Gasteiger partial charge < -0.3 is 14.6 Å². The average molecular weight is 315 g/mol. The Morgan fingerprint density at radius 1 is 1.22 bits per heavy atom. The molecule has 1 atom stereocenters. The van der Waals surface area contributed by atoms with Crippen molar-refractivity contribution < 1.29 is 4.74 Å². The minimum atomic E-state index is 0.133. The first-order chi connectivity index (χ1) is 11.1. The van der Waals surface area contributed by atoms with Gasteiger partial charge in [0.2, 0.25) is 0 Å². The Morgan fingerprint density at radius 2 is 2.00 bits per heavy atom. The molecule has 1 aliphatic heterocycles. The van der Waals surface area contributed by atoms with Gasteiger partial charge in [-0.15, -0.1) is 0 Å². The van der Waals surface area contributed by atoms with Crippen molar-refractivity contribution in [2.45, 2.75) is 38.6 Å². The standard InChI is InChI=1S/C17H25N5O/c1-12(2)16-18-7-4-14(21-16)20-15(13-5-10-23-11-6-13)17-19-8-9-22(17)3/h4,7-9,12-13,15H,5-6,10-11H2,1-3H3,(H,18,20,21)/t15-/m0/s1. The van der Waals surface area contributed by atoms with Crippen LogP contribution in [-0.4, -0.2) is 32.7 Å². The summed E-state index contributed by atoms with van der Waals surface area (Å²) in [4.78, 5) is 13.6. The molecule has 6 nitrogen and oxygen atoms in total. The van der Waals surface area contributed by atoms with Gasteiger partial charge in [0.05, 0.1) is 6.04 Å². The quantitative estimate of drug-likeness (QED) is 0.919. The van der Waals surface area contributed by atoms with Crippen LogP contribution in [0.15, 0.2) is 24.7 Å². The third-order valence-corrected chi connectivity index (χ3v) is 4.37. The molecule has 0 spiro atoms. The molecule has 0 saturated carbocycles. The third kappa shape index (κ3) is 3.69. The topological polar surface area (TPSA) is 64.9 Å². The summed E-state index contributed by atoms with van der Waals surface area (Å²) in [5, 5.41) is 3.60. The highest BCUT2D eigenvalue weighted by Gasteiger charge is 2.28. The number of imidazole rings is 1. The molecule has 1 N–H and O–H groups in total. The highest BCUT2D eigenvalue weighted by atomic mass is 16.5. The number of nitrogens with one attached hydrogen (secondary N) is 1. The Bertz CT molecular complexity index is 633. The summed E-state index contributed by atoms with van der Waals surface area (Å²) < 4.78 is 7.60. The zero-order valence-corrected chi connectivity index (χ0v) is 14.1. The Kier molecular flexibility index (Phi) is 4.91. The number of hydrogen-bond donors (Lipinski definition) is 1. The van der Waals surface area contributed by atoms with E-state index in [1.807, 2.05) is 31.7 Å². The lowest BCUT2D eigenvalue weighted by Gasteiger charge is -2.31. The lowest BCUT2D eigenvalue weighted by molar-refractivity contribution is 0.0594. The second kappa shape index (κ2) is 7.08. The van der Waals surface area contributed by atoms with Gasteiger partial charge in [0.1, 0.15) is 17.5 Å². The van der Waals surface area contributed by atoms with Crippen LogP contribution in [-0.2, 0) is 11.8 Å². The van der Waals surface area contributed by atoms with Crippen molar-refractivity contribution >= 4 is 5.82 Å². The van der Waals surface area contributed by atoms with Crippen LogP contribution in [0.4, 0.5) is 5.82 Å². The molecule has 1 saturated heterocycles. The van der Waals surface area contributed by atoms with E-state index in [4.69, 9.17) is 4.74 Å².